The fraction of sp³-hybridized carbons (Fsp3) is 0.381. The minimum absolute atomic E-state index is 0.0107. The zero-order valence-electron chi connectivity index (χ0n) is 16.6. The first-order chi connectivity index (χ1) is 13.3. The maximum absolute atomic E-state index is 12.6. The van der Waals surface area contributed by atoms with E-state index in [9.17, 15) is 13.6 Å². The summed E-state index contributed by atoms with van der Waals surface area (Å²) in [5.74, 6) is 0.201. The molecule has 0 fully saturated rings. The highest BCUT2D eigenvalue weighted by Crippen LogP contribution is 2.29. The lowest BCUT2D eigenvalue weighted by Crippen LogP contribution is -2.37. The number of rotatable bonds is 9. The third-order valence-electron chi connectivity index (χ3n) is 4.56. The quantitative estimate of drug-likeness (QED) is 0.648. The summed E-state index contributed by atoms with van der Waals surface area (Å²) in [6.45, 7) is -0.238. The molecule has 0 spiro atoms. The van der Waals surface area contributed by atoms with Crippen LogP contribution in [-0.2, 0) is 11.3 Å². The number of nitrogens with zero attached hydrogens (tertiary/aromatic N) is 2. The summed E-state index contributed by atoms with van der Waals surface area (Å²) in [6, 6.07) is 14.5. The molecule has 1 amide bonds. The molecule has 0 saturated heterocycles. The van der Waals surface area contributed by atoms with Crippen molar-refractivity contribution < 1.29 is 23.0 Å². The third kappa shape index (κ3) is 5.92. The molecular weight excluding hydrogens is 366 g/mol. The van der Waals surface area contributed by atoms with Crippen molar-refractivity contribution in [3.8, 4) is 11.5 Å². The van der Waals surface area contributed by atoms with E-state index in [0.717, 1.165) is 11.1 Å². The highest BCUT2D eigenvalue weighted by atomic mass is 19.3. The average molecular weight is 392 g/mol. The summed E-state index contributed by atoms with van der Waals surface area (Å²) >= 11 is 0. The molecule has 2 aromatic carbocycles. The molecule has 0 saturated carbocycles. The van der Waals surface area contributed by atoms with E-state index in [-0.39, 0.29) is 30.0 Å². The van der Waals surface area contributed by atoms with Gasteiger partial charge in [-0.05, 0) is 37.2 Å². The number of benzene rings is 2. The van der Waals surface area contributed by atoms with Gasteiger partial charge in [-0.3, -0.25) is 9.69 Å². The van der Waals surface area contributed by atoms with Gasteiger partial charge >= 0.3 is 6.61 Å². The molecule has 0 N–H and O–H groups in total. The Morgan fingerprint density at radius 3 is 2.36 bits per heavy atom. The molecule has 0 aromatic heterocycles. The molecule has 2 rings (SSSR count). The molecule has 0 aliphatic heterocycles. The van der Waals surface area contributed by atoms with Gasteiger partial charge in [-0.2, -0.15) is 8.78 Å². The number of methoxy groups -OCH3 is 1. The monoisotopic (exact) mass is 392 g/mol. The Morgan fingerprint density at radius 2 is 1.75 bits per heavy atom. The van der Waals surface area contributed by atoms with Gasteiger partial charge in [0.1, 0.15) is 0 Å². The Labute approximate surface area is 164 Å². The van der Waals surface area contributed by atoms with E-state index in [1.807, 2.05) is 49.2 Å². The number of ether oxygens (including phenoxy) is 2. The molecule has 5 nitrogen and oxygen atoms in total. The van der Waals surface area contributed by atoms with Crippen LogP contribution >= 0.6 is 0 Å². The number of hydrogen-bond acceptors (Lipinski definition) is 4. The van der Waals surface area contributed by atoms with Crippen molar-refractivity contribution in [2.75, 3.05) is 27.7 Å². The van der Waals surface area contributed by atoms with Crippen molar-refractivity contribution in [2.24, 2.45) is 0 Å². The largest absolute Gasteiger partial charge is 0.493 e. The van der Waals surface area contributed by atoms with E-state index >= 15 is 0 Å². The van der Waals surface area contributed by atoms with Crippen molar-refractivity contribution in [1.29, 1.82) is 0 Å². The minimum atomic E-state index is -2.91. The number of hydrogen-bond donors (Lipinski definition) is 0. The number of halogens is 2. The molecule has 0 radical (unpaired) electrons. The topological polar surface area (TPSA) is 42.0 Å². The van der Waals surface area contributed by atoms with E-state index in [1.54, 1.807) is 24.1 Å². The Hall–Kier alpha value is -2.67. The SMILES string of the molecule is COc1cc(CN(C)CC(=O)N(C)C(C)c2ccccc2)ccc1OC(F)F. The summed E-state index contributed by atoms with van der Waals surface area (Å²) in [7, 11) is 5.01. The fourth-order valence-electron chi connectivity index (χ4n) is 2.88. The van der Waals surface area contributed by atoms with Gasteiger partial charge in [0.15, 0.2) is 11.5 Å². The van der Waals surface area contributed by atoms with Gasteiger partial charge in [0.25, 0.3) is 0 Å². The van der Waals surface area contributed by atoms with Crippen LogP contribution in [0.4, 0.5) is 8.78 Å². The van der Waals surface area contributed by atoms with Crippen LogP contribution in [0, 0.1) is 0 Å². The second-order valence-corrected chi connectivity index (χ2v) is 6.63. The standard InChI is InChI=1S/C21H26F2N2O3/c1-15(17-8-6-5-7-9-17)25(3)20(26)14-24(2)13-16-10-11-18(28-21(22)23)19(12-16)27-4/h5-12,15,21H,13-14H2,1-4H3. The normalized spacial score (nSPS) is 12.1. The molecule has 2 aromatic rings. The zero-order chi connectivity index (χ0) is 20.7. The molecule has 28 heavy (non-hydrogen) atoms. The van der Waals surface area contributed by atoms with Crippen LogP contribution in [0.2, 0.25) is 0 Å². The van der Waals surface area contributed by atoms with Gasteiger partial charge in [0.05, 0.1) is 19.7 Å². The minimum Gasteiger partial charge on any atom is -0.493 e. The van der Waals surface area contributed by atoms with Crippen LogP contribution in [-0.4, -0.2) is 50.1 Å². The average Bonchev–Trinajstić information content (AvgIpc) is 2.68. The summed E-state index contributed by atoms with van der Waals surface area (Å²) in [5.41, 5.74) is 1.90. The number of likely N-dealkylation sites (N-methyl/N-ethyl adjacent to an activating group) is 2. The van der Waals surface area contributed by atoms with Crippen LogP contribution in [0.15, 0.2) is 48.5 Å². The summed E-state index contributed by atoms with van der Waals surface area (Å²) in [5, 5.41) is 0. The predicted molar refractivity (Wildman–Crippen MR) is 104 cm³/mol. The van der Waals surface area contributed by atoms with Gasteiger partial charge in [-0.25, -0.2) is 0 Å². The molecule has 0 heterocycles. The van der Waals surface area contributed by atoms with Gasteiger partial charge in [-0.15, -0.1) is 0 Å². The Morgan fingerprint density at radius 1 is 1.07 bits per heavy atom. The van der Waals surface area contributed by atoms with Crippen molar-refractivity contribution >= 4 is 5.91 Å². The van der Waals surface area contributed by atoms with E-state index in [4.69, 9.17) is 4.74 Å². The highest BCUT2D eigenvalue weighted by molar-refractivity contribution is 5.78. The van der Waals surface area contributed by atoms with Crippen molar-refractivity contribution in [1.82, 2.24) is 9.80 Å². The first-order valence-electron chi connectivity index (χ1n) is 8.92. The lowest BCUT2D eigenvalue weighted by molar-refractivity contribution is -0.132. The smallest absolute Gasteiger partial charge is 0.387 e. The first-order valence-corrected chi connectivity index (χ1v) is 8.92. The summed E-state index contributed by atoms with van der Waals surface area (Å²) < 4.78 is 34.4. The number of carbonyl (C=O) groups excluding carboxylic acids is 1. The first kappa shape index (κ1) is 21.6. The Kier molecular flexibility index (Phi) is 7.75. The second kappa shape index (κ2) is 10.0. The van der Waals surface area contributed by atoms with Gasteiger partial charge in [0, 0.05) is 13.6 Å². The number of alkyl halides is 2. The van der Waals surface area contributed by atoms with Gasteiger partial charge in [-0.1, -0.05) is 36.4 Å². The van der Waals surface area contributed by atoms with Crippen LogP contribution in [0.5, 0.6) is 11.5 Å². The Balaban J connectivity index is 1.97. The number of amides is 1. The molecule has 152 valence electrons. The molecule has 0 aliphatic rings. The van der Waals surface area contributed by atoms with Crippen LogP contribution < -0.4 is 9.47 Å². The number of carbonyl (C=O) groups is 1. The maximum atomic E-state index is 12.6. The second-order valence-electron chi connectivity index (χ2n) is 6.63. The van der Waals surface area contributed by atoms with E-state index in [0.29, 0.717) is 6.54 Å². The van der Waals surface area contributed by atoms with Crippen molar-refractivity contribution in [3.63, 3.8) is 0 Å². The molecular formula is C21H26F2N2O3. The summed E-state index contributed by atoms with van der Waals surface area (Å²) in [4.78, 5) is 16.2. The fourth-order valence-corrected chi connectivity index (χ4v) is 2.88. The van der Waals surface area contributed by atoms with Gasteiger partial charge < -0.3 is 14.4 Å². The molecule has 0 bridgehead atoms. The van der Waals surface area contributed by atoms with E-state index in [2.05, 4.69) is 4.74 Å². The van der Waals surface area contributed by atoms with Crippen LogP contribution in [0.3, 0.4) is 0 Å². The molecule has 0 aliphatic carbocycles. The zero-order valence-corrected chi connectivity index (χ0v) is 16.6. The lowest BCUT2D eigenvalue weighted by Gasteiger charge is -2.27. The van der Waals surface area contributed by atoms with Gasteiger partial charge in [0.2, 0.25) is 5.91 Å². The molecule has 1 unspecified atom stereocenters. The maximum Gasteiger partial charge on any atom is 0.387 e. The summed E-state index contributed by atoms with van der Waals surface area (Å²) in [6.07, 6.45) is 0. The van der Waals surface area contributed by atoms with E-state index in [1.165, 1.54) is 13.2 Å². The predicted octanol–water partition coefficient (Wildman–Crippen LogP) is 3.95. The highest BCUT2D eigenvalue weighted by Gasteiger charge is 2.19. The molecule has 7 heteroatoms. The van der Waals surface area contributed by atoms with Crippen LogP contribution in [0.25, 0.3) is 0 Å². The van der Waals surface area contributed by atoms with Crippen LogP contribution in [0.1, 0.15) is 24.1 Å². The van der Waals surface area contributed by atoms with Crippen molar-refractivity contribution in [2.45, 2.75) is 26.1 Å². The molecule has 1 atom stereocenters. The van der Waals surface area contributed by atoms with Crippen molar-refractivity contribution in [3.05, 3.63) is 59.7 Å². The Bertz CT molecular complexity index is 772. The lowest BCUT2D eigenvalue weighted by atomic mass is 10.1. The van der Waals surface area contributed by atoms with E-state index < -0.39 is 6.61 Å². The third-order valence-corrected chi connectivity index (χ3v) is 4.56.